The normalized spacial score (nSPS) is 11.2. The van der Waals surface area contributed by atoms with E-state index in [0.29, 0.717) is 0 Å². The number of carbonyl (C=O) groups is 2. The number of likely N-dealkylation sites (N-methyl/N-ethyl adjacent to an activating group) is 1. The predicted molar refractivity (Wildman–Crippen MR) is 50.2 cm³/mol. The van der Waals surface area contributed by atoms with Crippen molar-refractivity contribution in [2.24, 2.45) is 0 Å². The summed E-state index contributed by atoms with van der Waals surface area (Å²) in [4.78, 5) is 21.9. The van der Waals surface area contributed by atoms with Crippen molar-refractivity contribution in [3.05, 3.63) is 0 Å². The van der Waals surface area contributed by atoms with Crippen molar-refractivity contribution in [3.8, 4) is 6.07 Å². The van der Waals surface area contributed by atoms with Crippen LogP contribution in [0.25, 0.3) is 0 Å². The Balaban J connectivity index is 3.67. The van der Waals surface area contributed by atoms with Crippen molar-refractivity contribution in [3.63, 3.8) is 0 Å². The zero-order valence-corrected chi connectivity index (χ0v) is 8.26. The van der Waals surface area contributed by atoms with Crippen LogP contribution >= 0.6 is 0 Å². The van der Waals surface area contributed by atoms with Crippen LogP contribution in [0.3, 0.4) is 0 Å². The van der Waals surface area contributed by atoms with Gasteiger partial charge in [0.15, 0.2) is 0 Å². The molecule has 0 aromatic heterocycles. The second-order valence-electron chi connectivity index (χ2n) is 2.65. The summed E-state index contributed by atoms with van der Waals surface area (Å²) < 4.78 is 0. The van der Waals surface area contributed by atoms with E-state index in [0.717, 1.165) is 0 Å². The maximum absolute atomic E-state index is 11.0. The monoisotopic (exact) mass is 198 g/mol. The van der Waals surface area contributed by atoms with Crippen LogP contribution in [0.15, 0.2) is 0 Å². The van der Waals surface area contributed by atoms with Gasteiger partial charge in [-0.3, -0.25) is 14.9 Å². The molecule has 1 unspecified atom stereocenters. The Morgan fingerprint density at radius 1 is 1.50 bits per heavy atom. The molecular weight excluding hydrogens is 184 g/mol. The summed E-state index contributed by atoms with van der Waals surface area (Å²) in [5.74, 6) is -0.486. The lowest BCUT2D eigenvalue weighted by Crippen LogP contribution is -2.45. The molecule has 6 nitrogen and oxygen atoms in total. The fourth-order valence-corrected chi connectivity index (χ4v) is 0.756. The summed E-state index contributed by atoms with van der Waals surface area (Å²) in [6, 6.07) is 1.36. The minimum Gasteiger partial charge on any atom is -0.358 e. The molecule has 0 fully saturated rings. The third kappa shape index (κ3) is 5.11. The van der Waals surface area contributed by atoms with Gasteiger partial charge in [-0.1, -0.05) is 0 Å². The van der Waals surface area contributed by atoms with Gasteiger partial charge in [-0.05, 0) is 6.92 Å². The van der Waals surface area contributed by atoms with E-state index >= 15 is 0 Å². The average molecular weight is 198 g/mol. The highest BCUT2D eigenvalue weighted by Gasteiger charge is 2.10. The molecule has 0 spiro atoms. The number of nitrogens with one attached hydrogen (secondary N) is 3. The lowest BCUT2D eigenvalue weighted by Gasteiger charge is -2.11. The molecule has 78 valence electrons. The molecule has 1 atom stereocenters. The molecule has 0 aliphatic rings. The standard InChI is InChI=1S/C8H14N4O2/c1-6(8(14)10-2)12-5-7(13)11-4-3-9/h6,12H,4-5H2,1-2H3,(H,10,14)(H,11,13). The van der Waals surface area contributed by atoms with Crippen LogP contribution in [0.2, 0.25) is 0 Å². The Morgan fingerprint density at radius 2 is 2.14 bits per heavy atom. The molecule has 0 saturated carbocycles. The summed E-state index contributed by atoms with van der Waals surface area (Å²) in [5, 5.41) is 15.7. The molecule has 0 aliphatic heterocycles. The average Bonchev–Trinajstić information content (AvgIpc) is 2.21. The van der Waals surface area contributed by atoms with Gasteiger partial charge >= 0.3 is 0 Å². The number of hydrogen-bond acceptors (Lipinski definition) is 4. The minimum atomic E-state index is -0.423. The van der Waals surface area contributed by atoms with Crippen LogP contribution in [0, 0.1) is 11.3 Å². The molecule has 0 bridgehead atoms. The third-order valence-corrected chi connectivity index (χ3v) is 1.57. The van der Waals surface area contributed by atoms with E-state index in [9.17, 15) is 9.59 Å². The number of nitriles is 1. The quantitative estimate of drug-likeness (QED) is 0.461. The van der Waals surface area contributed by atoms with Gasteiger partial charge in [0.1, 0.15) is 6.54 Å². The second kappa shape index (κ2) is 6.86. The van der Waals surface area contributed by atoms with E-state index in [1.165, 1.54) is 7.05 Å². The number of hydrogen-bond donors (Lipinski definition) is 3. The van der Waals surface area contributed by atoms with Gasteiger partial charge in [0.05, 0.1) is 18.7 Å². The summed E-state index contributed by atoms with van der Waals surface area (Å²) >= 11 is 0. The van der Waals surface area contributed by atoms with Gasteiger partial charge in [-0.15, -0.1) is 0 Å². The van der Waals surface area contributed by atoms with E-state index in [1.807, 2.05) is 0 Å². The molecule has 0 aromatic rings. The number of nitrogens with zero attached hydrogens (tertiary/aromatic N) is 1. The Bertz CT molecular complexity index is 246. The van der Waals surface area contributed by atoms with Crippen molar-refractivity contribution in [2.75, 3.05) is 20.1 Å². The zero-order valence-electron chi connectivity index (χ0n) is 8.26. The number of rotatable bonds is 5. The van der Waals surface area contributed by atoms with Crippen LogP contribution in [-0.2, 0) is 9.59 Å². The Labute approximate surface area is 82.7 Å². The highest BCUT2D eigenvalue weighted by molar-refractivity contribution is 5.83. The van der Waals surface area contributed by atoms with Crippen LogP contribution in [0.1, 0.15) is 6.92 Å². The fraction of sp³-hybridized carbons (Fsp3) is 0.625. The summed E-state index contributed by atoms with van der Waals surface area (Å²) in [6.07, 6.45) is 0. The van der Waals surface area contributed by atoms with Gasteiger partial charge < -0.3 is 10.6 Å². The maximum atomic E-state index is 11.0. The molecule has 0 saturated heterocycles. The first kappa shape index (κ1) is 12.4. The topological polar surface area (TPSA) is 94.0 Å². The first-order valence-electron chi connectivity index (χ1n) is 4.20. The van der Waals surface area contributed by atoms with Crippen LogP contribution in [0.4, 0.5) is 0 Å². The smallest absolute Gasteiger partial charge is 0.236 e. The first-order chi connectivity index (χ1) is 6.61. The van der Waals surface area contributed by atoms with Gasteiger partial charge in [0.2, 0.25) is 11.8 Å². The molecule has 0 radical (unpaired) electrons. The Morgan fingerprint density at radius 3 is 2.64 bits per heavy atom. The lowest BCUT2D eigenvalue weighted by molar-refractivity contribution is -0.123. The van der Waals surface area contributed by atoms with Crippen LogP contribution in [-0.4, -0.2) is 38.0 Å². The van der Waals surface area contributed by atoms with Crippen LogP contribution < -0.4 is 16.0 Å². The fourth-order valence-electron chi connectivity index (χ4n) is 0.756. The van der Waals surface area contributed by atoms with E-state index in [1.54, 1.807) is 13.0 Å². The molecule has 0 aromatic carbocycles. The summed E-state index contributed by atoms with van der Waals surface area (Å²) in [6.45, 7) is 1.65. The first-order valence-corrected chi connectivity index (χ1v) is 4.20. The SMILES string of the molecule is CNC(=O)C(C)NCC(=O)NCC#N. The summed E-state index contributed by atoms with van der Waals surface area (Å²) in [5.41, 5.74) is 0. The molecule has 14 heavy (non-hydrogen) atoms. The van der Waals surface area contributed by atoms with E-state index in [-0.39, 0.29) is 24.9 Å². The second-order valence-corrected chi connectivity index (χ2v) is 2.65. The molecule has 0 heterocycles. The van der Waals surface area contributed by atoms with Crippen molar-refractivity contribution < 1.29 is 9.59 Å². The van der Waals surface area contributed by atoms with Gasteiger partial charge in [0, 0.05) is 7.05 Å². The number of carbonyl (C=O) groups excluding carboxylic acids is 2. The van der Waals surface area contributed by atoms with Crippen molar-refractivity contribution in [2.45, 2.75) is 13.0 Å². The largest absolute Gasteiger partial charge is 0.358 e. The zero-order chi connectivity index (χ0) is 11.0. The predicted octanol–water partition coefficient (Wildman–Crippen LogP) is -1.65. The molecule has 3 N–H and O–H groups in total. The third-order valence-electron chi connectivity index (χ3n) is 1.57. The summed E-state index contributed by atoms with van der Waals surface area (Å²) in [7, 11) is 1.52. The maximum Gasteiger partial charge on any atom is 0.236 e. The van der Waals surface area contributed by atoms with Gasteiger partial charge in [-0.2, -0.15) is 5.26 Å². The van der Waals surface area contributed by atoms with E-state index < -0.39 is 6.04 Å². The molecule has 6 heteroatoms. The highest BCUT2D eigenvalue weighted by atomic mass is 16.2. The van der Waals surface area contributed by atoms with Gasteiger partial charge in [-0.25, -0.2) is 0 Å². The molecular formula is C8H14N4O2. The molecule has 2 amide bonds. The van der Waals surface area contributed by atoms with Gasteiger partial charge in [0.25, 0.3) is 0 Å². The minimum absolute atomic E-state index is 0.0190. The van der Waals surface area contributed by atoms with Crippen molar-refractivity contribution >= 4 is 11.8 Å². The van der Waals surface area contributed by atoms with E-state index in [2.05, 4.69) is 16.0 Å². The molecule has 0 rings (SSSR count). The van der Waals surface area contributed by atoms with E-state index in [4.69, 9.17) is 5.26 Å². The number of amides is 2. The highest BCUT2D eigenvalue weighted by Crippen LogP contribution is 1.79. The van der Waals surface area contributed by atoms with Crippen LogP contribution in [0.5, 0.6) is 0 Å². The lowest BCUT2D eigenvalue weighted by atomic mass is 10.3. The Kier molecular flexibility index (Phi) is 6.07. The van der Waals surface area contributed by atoms with Crippen molar-refractivity contribution in [1.29, 1.82) is 5.26 Å². The van der Waals surface area contributed by atoms with Crippen molar-refractivity contribution in [1.82, 2.24) is 16.0 Å². The molecule has 0 aliphatic carbocycles. The Hall–Kier alpha value is -1.61.